The molecule has 9 heteroatoms. The lowest BCUT2D eigenvalue weighted by Gasteiger charge is -2.35. The summed E-state index contributed by atoms with van der Waals surface area (Å²) >= 11 is 0. The maximum Gasteiger partial charge on any atom is 0.353 e. The van der Waals surface area contributed by atoms with Crippen LogP contribution in [0.25, 0.3) is 0 Å². The number of anilines is 3. The van der Waals surface area contributed by atoms with Gasteiger partial charge < -0.3 is 15.0 Å². The number of aryl methyl sites for hydroxylation is 1. The molecule has 0 aliphatic carbocycles. The monoisotopic (exact) mass is 434 g/mol. The average molecular weight is 435 g/mol. The zero-order valence-electron chi connectivity index (χ0n) is 18.2. The van der Waals surface area contributed by atoms with E-state index in [0.717, 1.165) is 25.2 Å². The summed E-state index contributed by atoms with van der Waals surface area (Å²) in [5.74, 6) is 1.06. The number of benzene rings is 2. The van der Waals surface area contributed by atoms with E-state index >= 15 is 0 Å². The van der Waals surface area contributed by atoms with Gasteiger partial charge in [0.1, 0.15) is 12.1 Å². The van der Waals surface area contributed by atoms with Crippen LogP contribution in [0.15, 0.2) is 54.9 Å². The van der Waals surface area contributed by atoms with Gasteiger partial charge in [-0.2, -0.15) is 0 Å². The Morgan fingerprint density at radius 3 is 2.53 bits per heavy atom. The summed E-state index contributed by atoms with van der Waals surface area (Å²) in [7, 11) is 1.56. The topological polar surface area (TPSA) is 96.7 Å². The van der Waals surface area contributed by atoms with Crippen LogP contribution in [0, 0.1) is 17.0 Å². The van der Waals surface area contributed by atoms with Crippen molar-refractivity contribution in [2.24, 2.45) is 0 Å². The van der Waals surface area contributed by atoms with Crippen molar-refractivity contribution in [3.8, 4) is 5.75 Å². The lowest BCUT2D eigenvalue weighted by Crippen LogP contribution is -2.46. The van der Waals surface area contributed by atoms with E-state index in [1.54, 1.807) is 7.11 Å². The summed E-state index contributed by atoms with van der Waals surface area (Å²) in [4.78, 5) is 24.3. The lowest BCUT2D eigenvalue weighted by atomic mass is 10.2. The van der Waals surface area contributed by atoms with Crippen molar-refractivity contribution < 1.29 is 9.66 Å². The van der Waals surface area contributed by atoms with Gasteiger partial charge in [-0.25, -0.2) is 9.97 Å². The molecule has 9 nitrogen and oxygen atoms in total. The zero-order chi connectivity index (χ0) is 22.5. The smallest absolute Gasteiger partial charge is 0.353 e. The third kappa shape index (κ3) is 4.78. The van der Waals surface area contributed by atoms with Crippen molar-refractivity contribution in [2.75, 3.05) is 43.5 Å². The number of methoxy groups -OCH3 is 1. The van der Waals surface area contributed by atoms with Crippen molar-refractivity contribution in [1.82, 2.24) is 14.9 Å². The van der Waals surface area contributed by atoms with E-state index < -0.39 is 4.92 Å². The first-order valence-corrected chi connectivity index (χ1v) is 10.5. The van der Waals surface area contributed by atoms with Crippen molar-refractivity contribution in [1.29, 1.82) is 0 Å². The Labute approximate surface area is 186 Å². The number of nitrogens with one attached hydrogen (secondary N) is 1. The van der Waals surface area contributed by atoms with Crippen molar-refractivity contribution in [2.45, 2.75) is 13.5 Å². The summed E-state index contributed by atoms with van der Waals surface area (Å²) in [6, 6.07) is 15.9. The van der Waals surface area contributed by atoms with Crippen LogP contribution in [0.3, 0.4) is 0 Å². The van der Waals surface area contributed by atoms with Crippen LogP contribution in [0.4, 0.5) is 23.0 Å². The second kappa shape index (κ2) is 9.61. The lowest BCUT2D eigenvalue weighted by molar-refractivity contribution is -0.383. The van der Waals surface area contributed by atoms with Crippen LogP contribution < -0.4 is 15.0 Å². The fourth-order valence-electron chi connectivity index (χ4n) is 3.87. The van der Waals surface area contributed by atoms with E-state index in [9.17, 15) is 10.1 Å². The fraction of sp³-hybridized carbons (Fsp3) is 0.304. The van der Waals surface area contributed by atoms with Crippen molar-refractivity contribution in [3.05, 3.63) is 76.1 Å². The van der Waals surface area contributed by atoms with Gasteiger partial charge in [0.15, 0.2) is 0 Å². The largest absolute Gasteiger partial charge is 0.495 e. The van der Waals surface area contributed by atoms with Gasteiger partial charge in [-0.1, -0.05) is 36.4 Å². The third-order valence-corrected chi connectivity index (χ3v) is 5.51. The van der Waals surface area contributed by atoms with E-state index in [0.29, 0.717) is 30.3 Å². The summed E-state index contributed by atoms with van der Waals surface area (Å²) in [6.45, 7) is 5.70. The zero-order valence-corrected chi connectivity index (χ0v) is 18.2. The highest BCUT2D eigenvalue weighted by Crippen LogP contribution is 2.36. The highest BCUT2D eigenvalue weighted by molar-refractivity contribution is 5.76. The molecule has 1 aliphatic heterocycles. The van der Waals surface area contributed by atoms with Crippen LogP contribution in [0.1, 0.15) is 11.1 Å². The molecule has 1 aliphatic rings. The Hall–Kier alpha value is -3.72. The SMILES string of the molecule is COc1ccc(C)cc1Nc1ncnc(N2CCN(Cc3ccccc3)CC2)c1[N+](=O)[O-]. The highest BCUT2D eigenvalue weighted by Gasteiger charge is 2.29. The molecule has 0 atom stereocenters. The highest BCUT2D eigenvalue weighted by atomic mass is 16.6. The van der Waals surface area contributed by atoms with Crippen LogP contribution >= 0.6 is 0 Å². The van der Waals surface area contributed by atoms with E-state index in [2.05, 4.69) is 32.3 Å². The fourth-order valence-corrected chi connectivity index (χ4v) is 3.87. The van der Waals surface area contributed by atoms with Crippen molar-refractivity contribution >= 4 is 23.0 Å². The Bertz CT molecular complexity index is 1080. The molecule has 0 radical (unpaired) electrons. The minimum absolute atomic E-state index is 0.132. The number of ether oxygens (including phenoxy) is 1. The second-order valence-corrected chi connectivity index (χ2v) is 7.73. The van der Waals surface area contributed by atoms with Crippen LogP contribution in [-0.4, -0.2) is 53.1 Å². The molecule has 2 heterocycles. The van der Waals surface area contributed by atoms with E-state index in [1.165, 1.54) is 11.9 Å². The standard InChI is InChI=1S/C23H26N6O3/c1-17-8-9-20(32-2)19(14-17)26-22-21(29(30)31)23(25-16-24-22)28-12-10-27(11-13-28)15-18-6-4-3-5-7-18/h3-9,14,16H,10-13,15H2,1-2H3,(H,24,25,26). The van der Waals surface area contributed by atoms with Gasteiger partial charge >= 0.3 is 5.69 Å². The van der Waals surface area contributed by atoms with Gasteiger partial charge in [0.05, 0.1) is 17.7 Å². The quantitative estimate of drug-likeness (QED) is 0.443. The minimum atomic E-state index is -0.420. The first-order chi connectivity index (χ1) is 15.5. The van der Waals surface area contributed by atoms with Gasteiger partial charge in [0.2, 0.25) is 11.6 Å². The molecule has 0 spiro atoms. The first-order valence-electron chi connectivity index (χ1n) is 10.5. The molecule has 32 heavy (non-hydrogen) atoms. The molecule has 0 saturated carbocycles. The van der Waals surface area contributed by atoms with Gasteiger partial charge in [0.25, 0.3) is 0 Å². The van der Waals surface area contributed by atoms with Crippen LogP contribution in [0.5, 0.6) is 5.75 Å². The Kier molecular flexibility index (Phi) is 6.46. The molecule has 3 aromatic rings. The molecule has 1 fully saturated rings. The molecule has 1 aromatic heterocycles. The Morgan fingerprint density at radius 2 is 1.84 bits per heavy atom. The van der Waals surface area contributed by atoms with Crippen LogP contribution in [-0.2, 0) is 6.54 Å². The van der Waals surface area contributed by atoms with Gasteiger partial charge in [-0.05, 0) is 30.2 Å². The molecule has 166 valence electrons. The summed E-state index contributed by atoms with van der Waals surface area (Å²) < 4.78 is 5.39. The molecule has 0 bridgehead atoms. The van der Waals surface area contributed by atoms with Gasteiger partial charge in [0, 0.05) is 32.7 Å². The molecular formula is C23H26N6O3. The number of hydrogen-bond donors (Lipinski definition) is 1. The first kappa shape index (κ1) is 21.5. The molecule has 4 rings (SSSR count). The Balaban J connectivity index is 1.54. The van der Waals surface area contributed by atoms with Crippen LogP contribution in [0.2, 0.25) is 0 Å². The molecule has 1 saturated heterocycles. The predicted molar refractivity (Wildman–Crippen MR) is 124 cm³/mol. The normalized spacial score (nSPS) is 14.2. The maximum atomic E-state index is 12.0. The predicted octanol–water partition coefficient (Wildman–Crippen LogP) is 3.77. The number of aromatic nitrogens is 2. The van der Waals surface area contributed by atoms with E-state index in [1.807, 2.05) is 48.2 Å². The molecule has 2 aromatic carbocycles. The number of piperazine rings is 1. The van der Waals surface area contributed by atoms with E-state index in [4.69, 9.17) is 4.74 Å². The van der Waals surface area contributed by atoms with Crippen molar-refractivity contribution in [3.63, 3.8) is 0 Å². The molecule has 0 unspecified atom stereocenters. The number of rotatable bonds is 7. The summed E-state index contributed by atoms with van der Waals surface area (Å²) in [6.07, 6.45) is 1.36. The minimum Gasteiger partial charge on any atom is -0.495 e. The summed E-state index contributed by atoms with van der Waals surface area (Å²) in [5, 5.41) is 15.1. The molecule has 0 amide bonds. The summed E-state index contributed by atoms with van der Waals surface area (Å²) in [5.41, 5.74) is 2.74. The number of hydrogen-bond acceptors (Lipinski definition) is 8. The number of nitro groups is 1. The molecule has 1 N–H and O–H groups in total. The maximum absolute atomic E-state index is 12.0. The van der Waals surface area contributed by atoms with Gasteiger partial charge in [-0.15, -0.1) is 0 Å². The third-order valence-electron chi connectivity index (χ3n) is 5.51. The number of nitrogens with zero attached hydrogens (tertiary/aromatic N) is 5. The van der Waals surface area contributed by atoms with Gasteiger partial charge in [-0.3, -0.25) is 15.0 Å². The Morgan fingerprint density at radius 1 is 1.09 bits per heavy atom. The molecular weight excluding hydrogens is 408 g/mol. The second-order valence-electron chi connectivity index (χ2n) is 7.73. The van der Waals surface area contributed by atoms with E-state index in [-0.39, 0.29) is 11.5 Å². The average Bonchev–Trinajstić information content (AvgIpc) is 2.80.